The zero-order chi connectivity index (χ0) is 10.6. The summed E-state index contributed by atoms with van der Waals surface area (Å²) in [5.74, 6) is 0. The number of hydrogen-bond acceptors (Lipinski definition) is 2. The van der Waals surface area contributed by atoms with Gasteiger partial charge in [0.1, 0.15) is 0 Å². The van der Waals surface area contributed by atoms with Gasteiger partial charge in [0.15, 0.2) is 0 Å². The third-order valence-electron chi connectivity index (χ3n) is 3.54. The molecule has 1 aliphatic carbocycles. The van der Waals surface area contributed by atoms with E-state index >= 15 is 0 Å². The molecule has 0 aromatic carbocycles. The zero-order valence-corrected chi connectivity index (χ0v) is 9.51. The summed E-state index contributed by atoms with van der Waals surface area (Å²) >= 11 is 0. The average Bonchev–Trinajstić information content (AvgIpc) is 2.67. The zero-order valence-electron chi connectivity index (χ0n) is 9.51. The lowest BCUT2D eigenvalue weighted by molar-refractivity contribution is -0.0254. The summed E-state index contributed by atoms with van der Waals surface area (Å²) in [7, 11) is 1.79. The lowest BCUT2D eigenvalue weighted by Crippen LogP contribution is -2.47. The molecule has 0 aromatic heterocycles. The smallest absolute Gasteiger partial charge is 0.0832 e. The maximum absolute atomic E-state index is 6.22. The topological polar surface area (TPSA) is 35.2 Å². The number of ether oxygens (including phenoxy) is 1. The molecule has 1 aliphatic rings. The first-order valence-corrected chi connectivity index (χ1v) is 5.62. The largest absolute Gasteiger partial charge is 0.377 e. The van der Waals surface area contributed by atoms with Crippen LogP contribution in [0.3, 0.4) is 0 Å². The van der Waals surface area contributed by atoms with E-state index in [0.29, 0.717) is 0 Å². The first kappa shape index (κ1) is 11.7. The van der Waals surface area contributed by atoms with Crippen LogP contribution >= 0.6 is 0 Å². The van der Waals surface area contributed by atoms with Gasteiger partial charge in [0.25, 0.3) is 0 Å². The van der Waals surface area contributed by atoms with E-state index in [0.717, 1.165) is 25.7 Å². The van der Waals surface area contributed by atoms with Gasteiger partial charge in [0.05, 0.1) is 5.60 Å². The van der Waals surface area contributed by atoms with Crippen molar-refractivity contribution in [2.75, 3.05) is 7.11 Å². The molecule has 1 atom stereocenters. The number of methoxy groups -OCH3 is 1. The van der Waals surface area contributed by atoms with Crippen molar-refractivity contribution < 1.29 is 4.74 Å². The molecule has 0 saturated heterocycles. The highest BCUT2D eigenvalue weighted by atomic mass is 16.5. The fourth-order valence-corrected chi connectivity index (χ4v) is 2.34. The predicted molar refractivity (Wildman–Crippen MR) is 60.2 cm³/mol. The Balaban J connectivity index is 2.55. The fraction of sp³-hybridized carbons (Fsp3) is 0.833. The van der Waals surface area contributed by atoms with Crippen LogP contribution in [0.2, 0.25) is 0 Å². The maximum atomic E-state index is 6.22. The molecule has 2 N–H and O–H groups in total. The van der Waals surface area contributed by atoms with Gasteiger partial charge >= 0.3 is 0 Å². The summed E-state index contributed by atoms with van der Waals surface area (Å²) in [4.78, 5) is 0. The standard InChI is InChI=1S/C12H23NO/c1-4-10(2)9-11(13)12(14-3)7-5-6-8-12/h11H,2,4-9,13H2,1,3H3. The van der Waals surface area contributed by atoms with E-state index in [1.54, 1.807) is 7.11 Å². The molecule has 2 nitrogen and oxygen atoms in total. The van der Waals surface area contributed by atoms with E-state index in [2.05, 4.69) is 13.5 Å². The molecule has 1 rings (SSSR count). The van der Waals surface area contributed by atoms with E-state index in [1.165, 1.54) is 18.4 Å². The Kier molecular flexibility index (Phi) is 4.14. The Hall–Kier alpha value is -0.340. The van der Waals surface area contributed by atoms with E-state index in [9.17, 15) is 0 Å². The summed E-state index contributed by atoms with van der Waals surface area (Å²) in [5.41, 5.74) is 7.39. The second-order valence-corrected chi connectivity index (χ2v) is 4.39. The van der Waals surface area contributed by atoms with Gasteiger partial charge in [-0.2, -0.15) is 0 Å². The molecule has 0 aliphatic heterocycles. The highest BCUT2D eigenvalue weighted by Gasteiger charge is 2.39. The van der Waals surface area contributed by atoms with Crippen molar-refractivity contribution in [2.45, 2.75) is 57.1 Å². The van der Waals surface area contributed by atoms with Crippen LogP contribution in [0.15, 0.2) is 12.2 Å². The number of hydrogen-bond donors (Lipinski definition) is 1. The molecule has 1 unspecified atom stereocenters. The Morgan fingerprint density at radius 3 is 2.50 bits per heavy atom. The number of rotatable bonds is 5. The van der Waals surface area contributed by atoms with Gasteiger partial charge < -0.3 is 10.5 Å². The normalized spacial score (nSPS) is 22.2. The average molecular weight is 197 g/mol. The monoisotopic (exact) mass is 197 g/mol. The van der Waals surface area contributed by atoms with Crippen LogP contribution in [0.4, 0.5) is 0 Å². The third-order valence-corrected chi connectivity index (χ3v) is 3.54. The van der Waals surface area contributed by atoms with Crippen LogP contribution in [0, 0.1) is 0 Å². The molecule has 0 spiro atoms. The van der Waals surface area contributed by atoms with E-state index in [-0.39, 0.29) is 11.6 Å². The van der Waals surface area contributed by atoms with Crippen molar-refractivity contribution in [3.8, 4) is 0 Å². The van der Waals surface area contributed by atoms with Gasteiger partial charge in [0.2, 0.25) is 0 Å². The Morgan fingerprint density at radius 2 is 2.07 bits per heavy atom. The molecule has 2 heteroatoms. The third kappa shape index (κ3) is 2.37. The van der Waals surface area contributed by atoms with Crippen LogP contribution in [0.1, 0.15) is 45.4 Å². The van der Waals surface area contributed by atoms with Crippen LogP contribution in [0.25, 0.3) is 0 Å². The molecule has 0 amide bonds. The molecular formula is C12H23NO. The summed E-state index contributed by atoms with van der Waals surface area (Å²) in [5, 5.41) is 0. The fourth-order valence-electron chi connectivity index (χ4n) is 2.34. The lowest BCUT2D eigenvalue weighted by atomic mass is 9.88. The summed E-state index contributed by atoms with van der Waals surface area (Å²) in [6, 6.07) is 0.127. The highest BCUT2D eigenvalue weighted by Crippen LogP contribution is 2.36. The van der Waals surface area contributed by atoms with E-state index in [1.807, 2.05) is 0 Å². The van der Waals surface area contributed by atoms with Crippen molar-refractivity contribution in [2.24, 2.45) is 5.73 Å². The van der Waals surface area contributed by atoms with Gasteiger partial charge in [-0.1, -0.05) is 31.9 Å². The lowest BCUT2D eigenvalue weighted by Gasteiger charge is -2.34. The molecule has 82 valence electrons. The first-order chi connectivity index (χ1) is 6.64. The van der Waals surface area contributed by atoms with Gasteiger partial charge in [-0.05, 0) is 25.7 Å². The first-order valence-electron chi connectivity index (χ1n) is 5.62. The second kappa shape index (κ2) is 4.94. The van der Waals surface area contributed by atoms with Crippen molar-refractivity contribution in [1.82, 2.24) is 0 Å². The minimum absolute atomic E-state index is 0.0574. The highest BCUT2D eigenvalue weighted by molar-refractivity contribution is 5.04. The minimum Gasteiger partial charge on any atom is -0.377 e. The molecule has 0 radical (unpaired) electrons. The SMILES string of the molecule is C=C(CC)CC(N)C1(OC)CCCC1. The van der Waals surface area contributed by atoms with E-state index in [4.69, 9.17) is 10.5 Å². The van der Waals surface area contributed by atoms with E-state index < -0.39 is 0 Å². The number of nitrogens with two attached hydrogens (primary N) is 1. The Morgan fingerprint density at radius 1 is 1.50 bits per heavy atom. The Bertz CT molecular complexity index is 194. The molecule has 1 fully saturated rings. The molecule has 1 saturated carbocycles. The van der Waals surface area contributed by atoms with Crippen LogP contribution in [-0.2, 0) is 4.74 Å². The van der Waals surface area contributed by atoms with Gasteiger partial charge in [0, 0.05) is 13.2 Å². The molecule has 14 heavy (non-hydrogen) atoms. The van der Waals surface area contributed by atoms with Gasteiger partial charge in [-0.15, -0.1) is 0 Å². The quantitative estimate of drug-likeness (QED) is 0.688. The maximum Gasteiger partial charge on any atom is 0.0832 e. The molecular weight excluding hydrogens is 174 g/mol. The summed E-state index contributed by atoms with van der Waals surface area (Å²) in [6.45, 7) is 6.14. The van der Waals surface area contributed by atoms with Crippen molar-refractivity contribution in [3.05, 3.63) is 12.2 Å². The molecule has 0 bridgehead atoms. The van der Waals surface area contributed by atoms with Gasteiger partial charge in [-0.3, -0.25) is 0 Å². The predicted octanol–water partition coefficient (Wildman–Crippen LogP) is 2.63. The van der Waals surface area contributed by atoms with Crippen LogP contribution in [0.5, 0.6) is 0 Å². The minimum atomic E-state index is -0.0574. The Labute approximate surface area is 87.5 Å². The summed E-state index contributed by atoms with van der Waals surface area (Å²) in [6.07, 6.45) is 6.65. The second-order valence-electron chi connectivity index (χ2n) is 4.39. The summed E-state index contributed by atoms with van der Waals surface area (Å²) < 4.78 is 5.64. The molecule has 0 aromatic rings. The van der Waals surface area contributed by atoms with Gasteiger partial charge in [-0.25, -0.2) is 0 Å². The van der Waals surface area contributed by atoms with Crippen molar-refractivity contribution in [1.29, 1.82) is 0 Å². The van der Waals surface area contributed by atoms with Crippen molar-refractivity contribution in [3.63, 3.8) is 0 Å². The van der Waals surface area contributed by atoms with Crippen LogP contribution in [-0.4, -0.2) is 18.8 Å². The van der Waals surface area contributed by atoms with Crippen molar-refractivity contribution >= 4 is 0 Å². The molecule has 0 heterocycles. The van der Waals surface area contributed by atoms with Crippen LogP contribution < -0.4 is 5.73 Å².